The van der Waals surface area contributed by atoms with E-state index in [0.29, 0.717) is 0 Å². The number of nitrogens with zero attached hydrogens (tertiary/aromatic N) is 2. The van der Waals surface area contributed by atoms with Gasteiger partial charge in [0.1, 0.15) is 6.10 Å². The van der Waals surface area contributed by atoms with Gasteiger partial charge in [-0.25, -0.2) is 14.4 Å². The van der Waals surface area contributed by atoms with Crippen LogP contribution in [0.1, 0.15) is 12.8 Å². The van der Waals surface area contributed by atoms with Crippen molar-refractivity contribution in [3.05, 3.63) is 18.2 Å². The van der Waals surface area contributed by atoms with Gasteiger partial charge in [0.15, 0.2) is 5.82 Å². The Bertz CT molecular complexity index is 293. The van der Waals surface area contributed by atoms with Crippen LogP contribution in [0.4, 0.5) is 4.39 Å². The zero-order valence-corrected chi connectivity index (χ0v) is 10.2. The molecule has 1 aliphatic heterocycles. The number of hydrogen-bond donors (Lipinski definition) is 1. The zero-order chi connectivity index (χ0) is 9.80. The molecular weight excluding hydrogens is 256 g/mol. The highest BCUT2D eigenvalue weighted by atomic mass is 35.5. The zero-order valence-electron chi connectivity index (χ0n) is 8.56. The molecule has 92 valence electrons. The fourth-order valence-electron chi connectivity index (χ4n) is 1.43. The predicted molar refractivity (Wildman–Crippen MR) is 63.0 cm³/mol. The highest BCUT2D eigenvalue weighted by Crippen LogP contribution is 2.09. The van der Waals surface area contributed by atoms with Gasteiger partial charge >= 0.3 is 6.01 Å². The number of nitrogens with one attached hydrogen (secondary N) is 1. The van der Waals surface area contributed by atoms with Gasteiger partial charge in [-0.15, -0.1) is 24.8 Å². The Morgan fingerprint density at radius 3 is 2.56 bits per heavy atom. The van der Waals surface area contributed by atoms with Gasteiger partial charge in [-0.1, -0.05) is 0 Å². The van der Waals surface area contributed by atoms with E-state index in [9.17, 15) is 4.39 Å². The van der Waals surface area contributed by atoms with E-state index in [1.165, 1.54) is 0 Å². The lowest BCUT2D eigenvalue weighted by Gasteiger charge is -2.22. The number of hydrogen-bond acceptors (Lipinski definition) is 4. The summed E-state index contributed by atoms with van der Waals surface area (Å²) in [4.78, 5) is 7.47. The molecule has 4 nitrogen and oxygen atoms in total. The van der Waals surface area contributed by atoms with Gasteiger partial charge in [-0.3, -0.25) is 0 Å². The van der Waals surface area contributed by atoms with E-state index in [2.05, 4.69) is 15.3 Å². The summed E-state index contributed by atoms with van der Waals surface area (Å²) < 4.78 is 17.9. The third kappa shape index (κ3) is 4.47. The standard InChI is InChI=1S/C9H12FN3O.2ClH/c10-7-4-12-9(13-5-7)14-8-2-1-3-11-6-8;;/h4-5,8,11H,1-3,6H2;2*1H. The number of rotatable bonds is 2. The minimum atomic E-state index is -0.445. The molecule has 1 saturated heterocycles. The van der Waals surface area contributed by atoms with Crippen LogP contribution in [0.3, 0.4) is 0 Å². The Kier molecular flexibility index (Phi) is 7.29. The van der Waals surface area contributed by atoms with Gasteiger partial charge in [0, 0.05) is 6.54 Å². The minimum absolute atomic E-state index is 0. The van der Waals surface area contributed by atoms with Gasteiger partial charge in [-0.05, 0) is 19.4 Å². The van der Waals surface area contributed by atoms with Crippen molar-refractivity contribution in [2.75, 3.05) is 13.1 Å². The van der Waals surface area contributed by atoms with E-state index >= 15 is 0 Å². The summed E-state index contributed by atoms with van der Waals surface area (Å²) in [6.45, 7) is 1.84. The van der Waals surface area contributed by atoms with Gasteiger partial charge < -0.3 is 10.1 Å². The van der Waals surface area contributed by atoms with E-state index in [4.69, 9.17) is 4.74 Å². The van der Waals surface area contributed by atoms with Crippen LogP contribution in [0, 0.1) is 5.82 Å². The summed E-state index contributed by atoms with van der Waals surface area (Å²) in [5, 5.41) is 3.21. The molecule has 2 heterocycles. The van der Waals surface area contributed by atoms with E-state index in [1.807, 2.05) is 0 Å². The molecule has 0 bridgehead atoms. The molecular formula is C9H14Cl2FN3O. The molecule has 16 heavy (non-hydrogen) atoms. The smallest absolute Gasteiger partial charge is 0.316 e. The van der Waals surface area contributed by atoms with Gasteiger partial charge in [0.05, 0.1) is 12.4 Å². The SMILES string of the molecule is Cl.Cl.Fc1cnc(OC2CCCNC2)nc1. The van der Waals surface area contributed by atoms with Gasteiger partial charge in [0.2, 0.25) is 0 Å². The molecule has 1 aliphatic rings. The normalized spacial score (nSPS) is 19.2. The Labute approximate surface area is 106 Å². The molecule has 1 N–H and O–H groups in total. The van der Waals surface area contributed by atoms with E-state index in [-0.39, 0.29) is 36.9 Å². The second kappa shape index (κ2) is 7.60. The monoisotopic (exact) mass is 269 g/mol. The molecule has 0 aliphatic carbocycles. The Balaban J connectivity index is 0.00000112. The van der Waals surface area contributed by atoms with Crippen molar-refractivity contribution in [1.29, 1.82) is 0 Å². The average molecular weight is 270 g/mol. The van der Waals surface area contributed by atoms with E-state index in [1.54, 1.807) is 0 Å². The van der Waals surface area contributed by atoms with Gasteiger partial charge in [-0.2, -0.15) is 0 Å². The second-order valence-corrected chi connectivity index (χ2v) is 3.27. The lowest BCUT2D eigenvalue weighted by molar-refractivity contribution is 0.153. The van der Waals surface area contributed by atoms with Crippen LogP contribution < -0.4 is 10.1 Å². The third-order valence-electron chi connectivity index (χ3n) is 2.12. The van der Waals surface area contributed by atoms with Crippen LogP contribution in [0.2, 0.25) is 0 Å². The maximum absolute atomic E-state index is 12.5. The lowest BCUT2D eigenvalue weighted by Crippen LogP contribution is -2.37. The molecule has 1 fully saturated rings. The topological polar surface area (TPSA) is 47.0 Å². The van der Waals surface area contributed by atoms with Crippen LogP contribution in [0.5, 0.6) is 6.01 Å². The molecule has 0 amide bonds. The van der Waals surface area contributed by atoms with Gasteiger partial charge in [0.25, 0.3) is 0 Å². The van der Waals surface area contributed by atoms with Crippen LogP contribution in [-0.4, -0.2) is 29.2 Å². The van der Waals surface area contributed by atoms with Crippen molar-refractivity contribution < 1.29 is 9.13 Å². The van der Waals surface area contributed by atoms with Crippen molar-refractivity contribution in [1.82, 2.24) is 15.3 Å². The van der Waals surface area contributed by atoms with Crippen LogP contribution in [0.25, 0.3) is 0 Å². The quantitative estimate of drug-likeness (QED) is 0.886. The largest absolute Gasteiger partial charge is 0.459 e. The molecule has 1 atom stereocenters. The summed E-state index contributed by atoms with van der Waals surface area (Å²) >= 11 is 0. The van der Waals surface area contributed by atoms with Crippen molar-refractivity contribution >= 4 is 24.8 Å². The number of ether oxygens (including phenoxy) is 1. The second-order valence-electron chi connectivity index (χ2n) is 3.27. The first kappa shape index (κ1) is 15.3. The molecule has 1 aromatic heterocycles. The number of piperidine rings is 1. The summed E-state index contributed by atoms with van der Waals surface area (Å²) in [5.41, 5.74) is 0. The molecule has 0 radical (unpaired) electrons. The summed E-state index contributed by atoms with van der Waals surface area (Å²) in [6.07, 6.45) is 4.41. The van der Waals surface area contributed by atoms with Crippen molar-refractivity contribution in [2.45, 2.75) is 18.9 Å². The Morgan fingerprint density at radius 1 is 1.31 bits per heavy atom. The molecule has 0 saturated carbocycles. The van der Waals surface area contributed by atoms with Crippen molar-refractivity contribution in [3.63, 3.8) is 0 Å². The first-order valence-electron chi connectivity index (χ1n) is 4.69. The highest BCUT2D eigenvalue weighted by Gasteiger charge is 2.15. The van der Waals surface area contributed by atoms with E-state index < -0.39 is 5.82 Å². The maximum Gasteiger partial charge on any atom is 0.316 e. The molecule has 0 aromatic carbocycles. The van der Waals surface area contributed by atoms with Crippen molar-refractivity contribution in [2.24, 2.45) is 0 Å². The first-order valence-corrected chi connectivity index (χ1v) is 4.69. The van der Waals surface area contributed by atoms with Crippen LogP contribution in [0.15, 0.2) is 12.4 Å². The molecule has 0 spiro atoms. The van der Waals surface area contributed by atoms with Crippen LogP contribution >= 0.6 is 24.8 Å². The fraction of sp³-hybridized carbons (Fsp3) is 0.556. The lowest BCUT2D eigenvalue weighted by atomic mass is 10.1. The minimum Gasteiger partial charge on any atom is -0.459 e. The Hall–Kier alpha value is -0.650. The molecule has 1 aromatic rings. The van der Waals surface area contributed by atoms with E-state index in [0.717, 1.165) is 38.3 Å². The van der Waals surface area contributed by atoms with Crippen molar-refractivity contribution in [3.8, 4) is 6.01 Å². The predicted octanol–water partition coefficient (Wildman–Crippen LogP) is 1.59. The number of halogens is 3. The third-order valence-corrected chi connectivity index (χ3v) is 2.12. The molecule has 1 unspecified atom stereocenters. The summed E-state index contributed by atoms with van der Waals surface area (Å²) in [6, 6.07) is 0.250. The fourth-order valence-corrected chi connectivity index (χ4v) is 1.43. The maximum atomic E-state index is 12.5. The van der Waals surface area contributed by atoms with Crippen LogP contribution in [-0.2, 0) is 0 Å². The Morgan fingerprint density at radius 2 is 2.00 bits per heavy atom. The average Bonchev–Trinajstić information content (AvgIpc) is 2.23. The first-order chi connectivity index (χ1) is 6.84. The summed E-state index contributed by atoms with van der Waals surface area (Å²) in [7, 11) is 0. The molecule has 7 heteroatoms. The number of aromatic nitrogens is 2. The molecule has 2 rings (SSSR count). The highest BCUT2D eigenvalue weighted by molar-refractivity contribution is 5.85. The summed E-state index contributed by atoms with van der Waals surface area (Å²) in [5.74, 6) is -0.445.